The van der Waals surface area contributed by atoms with Crippen molar-refractivity contribution in [2.24, 2.45) is 0 Å². The molecule has 1 aliphatic heterocycles. The highest BCUT2D eigenvalue weighted by Gasteiger charge is 2.28. The Hall–Kier alpha value is -2.89. The van der Waals surface area contributed by atoms with Crippen LogP contribution in [0.25, 0.3) is 10.9 Å². The van der Waals surface area contributed by atoms with E-state index in [4.69, 9.17) is 0 Å². The van der Waals surface area contributed by atoms with Crippen molar-refractivity contribution in [2.75, 3.05) is 6.54 Å². The van der Waals surface area contributed by atoms with E-state index in [2.05, 4.69) is 15.2 Å². The summed E-state index contributed by atoms with van der Waals surface area (Å²) in [5.74, 6) is -0.0690. The van der Waals surface area contributed by atoms with Crippen LogP contribution in [0.4, 0.5) is 0 Å². The van der Waals surface area contributed by atoms with Crippen LogP contribution in [-0.2, 0) is 6.54 Å². The lowest BCUT2D eigenvalue weighted by molar-refractivity contribution is 0.0718. The van der Waals surface area contributed by atoms with Gasteiger partial charge in [0.05, 0.1) is 6.20 Å². The van der Waals surface area contributed by atoms with Gasteiger partial charge in [0.1, 0.15) is 5.56 Å². The molecule has 6 nitrogen and oxygen atoms in total. The average Bonchev–Trinajstić information content (AvgIpc) is 3.02. The quantitative estimate of drug-likeness (QED) is 0.721. The number of fused-ring (bicyclic) bond motifs is 2. The lowest BCUT2D eigenvalue weighted by Crippen LogP contribution is -2.39. The van der Waals surface area contributed by atoms with Crippen molar-refractivity contribution in [3.8, 4) is 0 Å². The minimum absolute atomic E-state index is 0.171. The topological polar surface area (TPSA) is 81.8 Å². The van der Waals surface area contributed by atoms with Crippen LogP contribution in [0.3, 0.4) is 0 Å². The molecule has 0 saturated carbocycles. The summed E-state index contributed by atoms with van der Waals surface area (Å²) in [6.45, 7) is 3.09. The smallest absolute Gasteiger partial charge is 0.261 e. The van der Waals surface area contributed by atoms with Gasteiger partial charge in [0.25, 0.3) is 11.5 Å². The highest BCUT2D eigenvalue weighted by atomic mass is 16.2. The van der Waals surface area contributed by atoms with E-state index in [1.165, 1.54) is 0 Å². The number of para-hydroxylation sites is 1. The molecule has 2 N–H and O–H groups in total. The third kappa shape index (κ3) is 2.23. The molecule has 0 saturated heterocycles. The van der Waals surface area contributed by atoms with Gasteiger partial charge in [-0.05, 0) is 17.5 Å². The van der Waals surface area contributed by atoms with Gasteiger partial charge in [-0.25, -0.2) is 0 Å². The van der Waals surface area contributed by atoms with Gasteiger partial charge in [0, 0.05) is 35.8 Å². The zero-order chi connectivity index (χ0) is 16.0. The molecule has 6 heteroatoms. The molecule has 1 amide bonds. The standard InChI is InChI=1S/C17H16N4O2/c1-10-8-21(9-12-7-18-20-15(10)12)17(23)13-6-11-4-2-3-5-14(11)19-16(13)22/h2-7,10H,8-9H2,1H3,(H,18,20)(H,19,22). The number of H-pyrrole nitrogens is 2. The predicted molar refractivity (Wildman–Crippen MR) is 86.3 cm³/mol. The maximum Gasteiger partial charge on any atom is 0.261 e. The van der Waals surface area contributed by atoms with Crippen LogP contribution < -0.4 is 5.56 Å². The van der Waals surface area contributed by atoms with Gasteiger partial charge in [-0.15, -0.1) is 0 Å². The molecule has 0 fully saturated rings. The first-order valence-corrected chi connectivity index (χ1v) is 7.57. The number of amides is 1. The highest BCUT2D eigenvalue weighted by Crippen LogP contribution is 2.26. The normalized spacial score (nSPS) is 17.3. The van der Waals surface area contributed by atoms with E-state index in [9.17, 15) is 9.59 Å². The van der Waals surface area contributed by atoms with Gasteiger partial charge in [0.2, 0.25) is 0 Å². The van der Waals surface area contributed by atoms with Gasteiger partial charge in [-0.1, -0.05) is 25.1 Å². The predicted octanol–water partition coefficient (Wildman–Crippen LogP) is 2.01. The van der Waals surface area contributed by atoms with E-state index in [1.807, 2.05) is 31.2 Å². The van der Waals surface area contributed by atoms with E-state index < -0.39 is 0 Å². The van der Waals surface area contributed by atoms with Crippen LogP contribution in [0.15, 0.2) is 41.3 Å². The summed E-state index contributed by atoms with van der Waals surface area (Å²) in [7, 11) is 0. The molecule has 3 heterocycles. The SMILES string of the molecule is CC1CN(C(=O)c2cc3ccccc3[nH]c2=O)Cc2cn[nH]c21. The highest BCUT2D eigenvalue weighted by molar-refractivity contribution is 5.97. The maximum atomic E-state index is 12.8. The van der Waals surface area contributed by atoms with E-state index in [0.29, 0.717) is 13.1 Å². The van der Waals surface area contributed by atoms with Gasteiger partial charge >= 0.3 is 0 Å². The molecule has 1 atom stereocenters. The molecule has 3 aromatic rings. The summed E-state index contributed by atoms with van der Waals surface area (Å²) in [6, 6.07) is 9.12. The van der Waals surface area contributed by atoms with Crippen molar-refractivity contribution < 1.29 is 4.79 Å². The Morgan fingerprint density at radius 1 is 1.35 bits per heavy atom. The second kappa shape index (κ2) is 5.08. The van der Waals surface area contributed by atoms with Crippen LogP contribution in [0.2, 0.25) is 0 Å². The summed E-state index contributed by atoms with van der Waals surface area (Å²) < 4.78 is 0. The van der Waals surface area contributed by atoms with Crippen molar-refractivity contribution in [3.05, 3.63) is 63.7 Å². The number of pyridine rings is 1. The van der Waals surface area contributed by atoms with E-state index >= 15 is 0 Å². The number of rotatable bonds is 1. The minimum Gasteiger partial charge on any atom is -0.333 e. The van der Waals surface area contributed by atoms with E-state index in [1.54, 1.807) is 17.2 Å². The number of nitrogens with zero attached hydrogens (tertiary/aromatic N) is 2. The Labute approximate surface area is 132 Å². The van der Waals surface area contributed by atoms with Gasteiger partial charge in [-0.2, -0.15) is 5.10 Å². The summed E-state index contributed by atoms with van der Waals surface area (Å²) in [5.41, 5.74) is 2.65. The van der Waals surface area contributed by atoms with E-state index in [-0.39, 0.29) is 22.9 Å². The number of carbonyl (C=O) groups is 1. The summed E-state index contributed by atoms with van der Waals surface area (Å²) >= 11 is 0. The number of hydrogen-bond donors (Lipinski definition) is 2. The first-order chi connectivity index (χ1) is 11.1. The number of carbonyl (C=O) groups excluding carboxylic acids is 1. The van der Waals surface area contributed by atoms with Crippen molar-refractivity contribution in [3.63, 3.8) is 0 Å². The number of aromatic amines is 2. The molecule has 0 radical (unpaired) electrons. The molecule has 1 aliphatic rings. The molecule has 1 unspecified atom stereocenters. The Kier molecular flexibility index (Phi) is 3.04. The second-order valence-electron chi connectivity index (χ2n) is 6.00. The third-order valence-electron chi connectivity index (χ3n) is 4.37. The lowest BCUT2D eigenvalue weighted by Gasteiger charge is -2.30. The van der Waals surface area contributed by atoms with Gasteiger partial charge in [-0.3, -0.25) is 14.7 Å². The fourth-order valence-corrected chi connectivity index (χ4v) is 3.20. The molecule has 0 spiro atoms. The number of nitrogens with one attached hydrogen (secondary N) is 2. The van der Waals surface area contributed by atoms with Crippen LogP contribution in [0.1, 0.15) is 34.5 Å². The Balaban J connectivity index is 1.73. The van der Waals surface area contributed by atoms with Gasteiger partial charge in [0.15, 0.2) is 0 Å². The molecule has 0 aliphatic carbocycles. The first kappa shape index (κ1) is 13.8. The lowest BCUT2D eigenvalue weighted by atomic mass is 9.98. The Bertz CT molecular complexity index is 956. The van der Waals surface area contributed by atoms with Crippen LogP contribution >= 0.6 is 0 Å². The zero-order valence-corrected chi connectivity index (χ0v) is 12.7. The molecule has 1 aromatic carbocycles. The fraction of sp³-hybridized carbons (Fsp3) is 0.235. The zero-order valence-electron chi connectivity index (χ0n) is 12.7. The monoisotopic (exact) mass is 308 g/mol. The van der Waals surface area contributed by atoms with Gasteiger partial charge < -0.3 is 9.88 Å². The van der Waals surface area contributed by atoms with Crippen molar-refractivity contribution in [1.82, 2.24) is 20.1 Å². The van der Waals surface area contributed by atoms with Crippen LogP contribution in [0, 0.1) is 0 Å². The summed E-state index contributed by atoms with van der Waals surface area (Å²) in [6.07, 6.45) is 1.75. The molecule has 23 heavy (non-hydrogen) atoms. The van der Waals surface area contributed by atoms with E-state index in [0.717, 1.165) is 22.2 Å². The van der Waals surface area contributed by atoms with Crippen LogP contribution in [-0.4, -0.2) is 32.5 Å². The first-order valence-electron chi connectivity index (χ1n) is 7.57. The van der Waals surface area contributed by atoms with Crippen LogP contribution in [0.5, 0.6) is 0 Å². The molecule has 116 valence electrons. The van der Waals surface area contributed by atoms with Crippen molar-refractivity contribution in [2.45, 2.75) is 19.4 Å². The summed E-state index contributed by atoms with van der Waals surface area (Å²) in [5, 5.41) is 7.89. The average molecular weight is 308 g/mol. The number of aromatic nitrogens is 3. The maximum absolute atomic E-state index is 12.8. The Morgan fingerprint density at radius 3 is 3.04 bits per heavy atom. The fourth-order valence-electron chi connectivity index (χ4n) is 3.20. The number of benzene rings is 1. The minimum atomic E-state index is -0.348. The number of hydrogen-bond acceptors (Lipinski definition) is 3. The molecular weight excluding hydrogens is 292 g/mol. The largest absolute Gasteiger partial charge is 0.333 e. The second-order valence-corrected chi connectivity index (χ2v) is 6.00. The Morgan fingerprint density at radius 2 is 2.17 bits per heavy atom. The molecular formula is C17H16N4O2. The van der Waals surface area contributed by atoms with Crippen molar-refractivity contribution >= 4 is 16.8 Å². The third-order valence-corrected chi connectivity index (χ3v) is 4.37. The molecule has 0 bridgehead atoms. The molecule has 4 rings (SSSR count). The summed E-state index contributed by atoms with van der Waals surface area (Å²) in [4.78, 5) is 29.6. The van der Waals surface area contributed by atoms with Crippen molar-refractivity contribution in [1.29, 1.82) is 0 Å². The molecule has 2 aromatic heterocycles.